The highest BCUT2D eigenvalue weighted by atomic mass is 16.5. The van der Waals surface area contributed by atoms with E-state index in [9.17, 15) is 9.59 Å². The quantitative estimate of drug-likeness (QED) is 0.710. The monoisotopic (exact) mass is 264 g/mol. The second kappa shape index (κ2) is 8.29. The molecule has 0 aliphatic carbocycles. The Morgan fingerprint density at radius 2 is 1.42 bits per heavy atom. The lowest BCUT2D eigenvalue weighted by Crippen LogP contribution is -2.10. The molecule has 104 valence electrons. The molecule has 0 amide bonds. The second-order valence-corrected chi connectivity index (χ2v) is 4.37. The largest absolute Gasteiger partial charge is 0.466 e. The number of rotatable bonds is 7. The first-order chi connectivity index (χ1) is 9.09. The molecule has 19 heavy (non-hydrogen) atoms. The molecule has 1 rings (SSSR count). The van der Waals surface area contributed by atoms with Crippen LogP contribution in [0.3, 0.4) is 0 Å². The van der Waals surface area contributed by atoms with Gasteiger partial charge in [-0.15, -0.1) is 0 Å². The van der Waals surface area contributed by atoms with Gasteiger partial charge in [0.2, 0.25) is 0 Å². The maximum atomic E-state index is 10.8. The molecule has 1 aromatic carbocycles. The van der Waals surface area contributed by atoms with Crippen LogP contribution in [0.15, 0.2) is 30.3 Å². The molecule has 0 atom stereocenters. The summed E-state index contributed by atoms with van der Waals surface area (Å²) in [5.41, 5.74) is 1.17. The van der Waals surface area contributed by atoms with Crippen molar-refractivity contribution >= 4 is 11.9 Å². The summed E-state index contributed by atoms with van der Waals surface area (Å²) in [5, 5.41) is 0. The Labute approximate surface area is 113 Å². The highest BCUT2D eigenvalue weighted by Gasteiger charge is 2.12. The van der Waals surface area contributed by atoms with Crippen molar-refractivity contribution in [2.24, 2.45) is 0 Å². The first kappa shape index (κ1) is 15.2. The Bertz CT molecular complexity index is 380. The van der Waals surface area contributed by atoms with Crippen molar-refractivity contribution < 1.29 is 19.1 Å². The topological polar surface area (TPSA) is 52.6 Å². The van der Waals surface area contributed by atoms with Crippen LogP contribution >= 0.6 is 0 Å². The lowest BCUT2D eigenvalue weighted by Gasteiger charge is -2.17. The molecule has 0 saturated carbocycles. The molecule has 0 heterocycles. The maximum Gasteiger partial charge on any atom is 0.302 e. The van der Waals surface area contributed by atoms with E-state index in [2.05, 4.69) is 0 Å². The summed E-state index contributed by atoms with van der Waals surface area (Å²) in [6, 6.07) is 9.97. The summed E-state index contributed by atoms with van der Waals surface area (Å²) in [7, 11) is 0. The van der Waals surface area contributed by atoms with Gasteiger partial charge in [-0.3, -0.25) is 9.59 Å². The molecule has 0 saturated heterocycles. The molecule has 0 fully saturated rings. The van der Waals surface area contributed by atoms with E-state index in [0.717, 1.165) is 12.8 Å². The molecule has 0 aliphatic rings. The molecule has 0 aromatic heterocycles. The highest BCUT2D eigenvalue weighted by Crippen LogP contribution is 2.23. The third-order valence-corrected chi connectivity index (χ3v) is 2.81. The summed E-state index contributed by atoms with van der Waals surface area (Å²) in [5.74, 6) is -0.321. The molecule has 0 N–H and O–H groups in total. The van der Waals surface area contributed by atoms with Gasteiger partial charge in [-0.2, -0.15) is 0 Å². The van der Waals surface area contributed by atoms with Crippen molar-refractivity contribution in [2.45, 2.75) is 32.6 Å². The van der Waals surface area contributed by atoms with Gasteiger partial charge in [0, 0.05) is 13.8 Å². The fraction of sp³-hybridized carbons (Fsp3) is 0.467. The van der Waals surface area contributed by atoms with Crippen LogP contribution in [0.5, 0.6) is 0 Å². The van der Waals surface area contributed by atoms with Gasteiger partial charge in [0.1, 0.15) is 0 Å². The van der Waals surface area contributed by atoms with E-state index in [4.69, 9.17) is 9.47 Å². The van der Waals surface area contributed by atoms with Crippen molar-refractivity contribution in [1.29, 1.82) is 0 Å². The number of carbonyl (C=O) groups excluding carboxylic acids is 2. The van der Waals surface area contributed by atoms with Crippen LogP contribution < -0.4 is 0 Å². The van der Waals surface area contributed by atoms with Gasteiger partial charge in [-0.1, -0.05) is 30.3 Å². The molecular weight excluding hydrogens is 244 g/mol. The first-order valence-corrected chi connectivity index (χ1v) is 6.41. The molecular formula is C15H20O4. The van der Waals surface area contributed by atoms with Crippen molar-refractivity contribution in [3.8, 4) is 0 Å². The molecule has 0 radical (unpaired) electrons. The molecule has 4 nitrogen and oxygen atoms in total. The van der Waals surface area contributed by atoms with Gasteiger partial charge < -0.3 is 9.47 Å². The smallest absolute Gasteiger partial charge is 0.302 e. The number of benzene rings is 1. The summed E-state index contributed by atoms with van der Waals surface area (Å²) in [6.45, 7) is 3.57. The van der Waals surface area contributed by atoms with Crippen LogP contribution in [0.1, 0.15) is 38.2 Å². The number of ether oxygens (including phenoxy) is 2. The molecule has 4 heteroatoms. The zero-order valence-corrected chi connectivity index (χ0v) is 11.4. The van der Waals surface area contributed by atoms with E-state index in [0.29, 0.717) is 13.2 Å². The zero-order valence-electron chi connectivity index (χ0n) is 11.4. The van der Waals surface area contributed by atoms with E-state index >= 15 is 0 Å². The minimum absolute atomic E-state index is 0.222. The Morgan fingerprint density at radius 1 is 0.947 bits per heavy atom. The van der Waals surface area contributed by atoms with Gasteiger partial charge in [0.05, 0.1) is 13.2 Å². The molecule has 0 aliphatic heterocycles. The highest BCUT2D eigenvalue weighted by molar-refractivity contribution is 5.66. The van der Waals surface area contributed by atoms with Crippen LogP contribution in [0, 0.1) is 0 Å². The lowest BCUT2D eigenvalue weighted by atomic mass is 9.93. The van der Waals surface area contributed by atoms with E-state index in [-0.39, 0.29) is 17.9 Å². The third-order valence-electron chi connectivity index (χ3n) is 2.81. The van der Waals surface area contributed by atoms with E-state index in [1.807, 2.05) is 30.3 Å². The fourth-order valence-corrected chi connectivity index (χ4v) is 1.89. The molecule has 0 unspecified atom stereocenters. The van der Waals surface area contributed by atoms with E-state index < -0.39 is 0 Å². The van der Waals surface area contributed by atoms with E-state index in [1.54, 1.807) is 0 Å². The fourth-order valence-electron chi connectivity index (χ4n) is 1.89. The van der Waals surface area contributed by atoms with Crippen LogP contribution in [0.2, 0.25) is 0 Å². The number of esters is 2. The van der Waals surface area contributed by atoms with E-state index in [1.165, 1.54) is 19.4 Å². The minimum atomic E-state index is -0.271. The number of hydrogen-bond acceptors (Lipinski definition) is 4. The maximum absolute atomic E-state index is 10.8. The minimum Gasteiger partial charge on any atom is -0.466 e. The van der Waals surface area contributed by atoms with Crippen molar-refractivity contribution in [3.05, 3.63) is 35.9 Å². The summed E-state index contributed by atoms with van der Waals surface area (Å²) in [6.07, 6.45) is 1.45. The average molecular weight is 264 g/mol. The Morgan fingerprint density at radius 3 is 1.84 bits per heavy atom. The van der Waals surface area contributed by atoms with Gasteiger partial charge in [0.25, 0.3) is 0 Å². The molecule has 0 bridgehead atoms. The Kier molecular flexibility index (Phi) is 6.64. The predicted molar refractivity (Wildman–Crippen MR) is 71.7 cm³/mol. The Hall–Kier alpha value is -1.84. The van der Waals surface area contributed by atoms with Crippen LogP contribution in [-0.2, 0) is 19.1 Å². The van der Waals surface area contributed by atoms with Crippen molar-refractivity contribution in [1.82, 2.24) is 0 Å². The second-order valence-electron chi connectivity index (χ2n) is 4.37. The predicted octanol–water partition coefficient (Wildman–Crippen LogP) is 2.68. The number of carbonyl (C=O) groups is 2. The molecule has 1 aromatic rings. The molecule has 0 spiro atoms. The lowest BCUT2D eigenvalue weighted by molar-refractivity contribution is -0.141. The van der Waals surface area contributed by atoms with Crippen molar-refractivity contribution in [3.63, 3.8) is 0 Å². The third kappa shape index (κ3) is 6.60. The van der Waals surface area contributed by atoms with Crippen LogP contribution in [0.25, 0.3) is 0 Å². The SMILES string of the molecule is CC(=O)OCCC(CCOC(C)=O)c1ccccc1. The van der Waals surface area contributed by atoms with Gasteiger partial charge in [0.15, 0.2) is 0 Å². The van der Waals surface area contributed by atoms with Crippen LogP contribution in [-0.4, -0.2) is 25.2 Å². The average Bonchev–Trinajstić information content (AvgIpc) is 2.37. The summed E-state index contributed by atoms with van der Waals surface area (Å²) in [4.78, 5) is 21.5. The zero-order chi connectivity index (χ0) is 14.1. The van der Waals surface area contributed by atoms with Gasteiger partial charge in [-0.25, -0.2) is 0 Å². The number of hydrogen-bond donors (Lipinski definition) is 0. The Balaban J connectivity index is 2.52. The first-order valence-electron chi connectivity index (χ1n) is 6.41. The normalized spacial score (nSPS) is 10.3. The van der Waals surface area contributed by atoms with Gasteiger partial charge >= 0.3 is 11.9 Å². The van der Waals surface area contributed by atoms with Crippen LogP contribution in [0.4, 0.5) is 0 Å². The summed E-state index contributed by atoms with van der Waals surface area (Å²) < 4.78 is 9.95. The standard InChI is InChI=1S/C15H20O4/c1-12(16)18-10-8-15(9-11-19-13(2)17)14-6-4-3-5-7-14/h3-7,15H,8-11H2,1-2H3. The van der Waals surface area contributed by atoms with Gasteiger partial charge in [-0.05, 0) is 24.3 Å². The van der Waals surface area contributed by atoms with Crippen molar-refractivity contribution in [2.75, 3.05) is 13.2 Å². The summed E-state index contributed by atoms with van der Waals surface area (Å²) >= 11 is 0.